The standard InChI is InChI=1S/C24H31NO/c1-16(2)13-19-14-18-9-5-6-10-20(18)23-15-25(17(3)4)26-24(23)22-12-8-7-11-21(19)22/h5-12,16-17,19,23-24H,13-15H2,1-4H3. The Kier molecular flexibility index (Phi) is 4.90. The van der Waals surface area contributed by atoms with Crippen LogP contribution in [0.2, 0.25) is 0 Å². The van der Waals surface area contributed by atoms with Crippen molar-refractivity contribution in [2.75, 3.05) is 6.54 Å². The summed E-state index contributed by atoms with van der Waals surface area (Å²) < 4.78 is 0. The molecule has 2 nitrogen and oxygen atoms in total. The molecule has 2 aromatic rings. The maximum absolute atomic E-state index is 6.53. The van der Waals surface area contributed by atoms with Gasteiger partial charge in [-0.1, -0.05) is 62.4 Å². The molecule has 138 valence electrons. The average Bonchev–Trinajstić information content (AvgIpc) is 3.05. The van der Waals surface area contributed by atoms with Crippen LogP contribution >= 0.6 is 0 Å². The minimum Gasteiger partial charge on any atom is -0.290 e. The van der Waals surface area contributed by atoms with Gasteiger partial charge in [-0.2, -0.15) is 5.06 Å². The molecule has 1 aliphatic heterocycles. The van der Waals surface area contributed by atoms with E-state index >= 15 is 0 Å². The minimum atomic E-state index is 0.129. The van der Waals surface area contributed by atoms with Gasteiger partial charge in [0.25, 0.3) is 0 Å². The number of hydroxylamine groups is 2. The molecule has 26 heavy (non-hydrogen) atoms. The van der Waals surface area contributed by atoms with Crippen molar-refractivity contribution < 1.29 is 4.84 Å². The molecule has 1 saturated heterocycles. The summed E-state index contributed by atoms with van der Waals surface area (Å²) >= 11 is 0. The van der Waals surface area contributed by atoms with E-state index in [1.54, 1.807) is 0 Å². The van der Waals surface area contributed by atoms with Gasteiger partial charge in [0, 0.05) is 18.5 Å². The van der Waals surface area contributed by atoms with Crippen molar-refractivity contribution in [3.05, 3.63) is 70.8 Å². The zero-order chi connectivity index (χ0) is 18.3. The second-order valence-corrected chi connectivity index (χ2v) is 8.68. The van der Waals surface area contributed by atoms with Crippen molar-refractivity contribution in [1.82, 2.24) is 5.06 Å². The molecule has 1 heterocycles. The van der Waals surface area contributed by atoms with E-state index in [9.17, 15) is 0 Å². The Morgan fingerprint density at radius 1 is 0.923 bits per heavy atom. The highest BCUT2D eigenvalue weighted by Crippen LogP contribution is 2.48. The van der Waals surface area contributed by atoms with Gasteiger partial charge in [0.2, 0.25) is 0 Å². The molecule has 3 unspecified atom stereocenters. The van der Waals surface area contributed by atoms with Crippen LogP contribution in [0.15, 0.2) is 48.5 Å². The predicted molar refractivity (Wildman–Crippen MR) is 107 cm³/mol. The van der Waals surface area contributed by atoms with Gasteiger partial charge in [-0.05, 0) is 60.8 Å². The first-order valence-corrected chi connectivity index (χ1v) is 10.1. The minimum absolute atomic E-state index is 0.129. The van der Waals surface area contributed by atoms with Gasteiger partial charge in [-0.15, -0.1) is 0 Å². The molecule has 0 amide bonds. The van der Waals surface area contributed by atoms with Crippen LogP contribution in [0.5, 0.6) is 0 Å². The summed E-state index contributed by atoms with van der Waals surface area (Å²) in [6, 6.07) is 18.5. The highest BCUT2D eigenvalue weighted by Gasteiger charge is 2.41. The molecule has 2 aliphatic rings. The van der Waals surface area contributed by atoms with Gasteiger partial charge in [0.15, 0.2) is 0 Å². The van der Waals surface area contributed by atoms with Crippen molar-refractivity contribution in [3.63, 3.8) is 0 Å². The molecule has 1 aliphatic carbocycles. The van der Waals surface area contributed by atoms with Crippen molar-refractivity contribution in [2.45, 2.75) is 64.5 Å². The third-order valence-corrected chi connectivity index (χ3v) is 5.99. The molecule has 2 aromatic carbocycles. The highest BCUT2D eigenvalue weighted by atomic mass is 16.7. The maximum Gasteiger partial charge on any atom is 0.113 e. The van der Waals surface area contributed by atoms with Crippen LogP contribution in [0.3, 0.4) is 0 Å². The SMILES string of the molecule is CC(C)CC1Cc2ccccc2C2CN(C(C)C)OC2c2ccccc21. The molecule has 0 spiro atoms. The van der Waals surface area contributed by atoms with E-state index in [2.05, 4.69) is 81.3 Å². The molecule has 0 radical (unpaired) electrons. The van der Waals surface area contributed by atoms with Gasteiger partial charge >= 0.3 is 0 Å². The molecule has 0 bridgehead atoms. The maximum atomic E-state index is 6.53. The van der Waals surface area contributed by atoms with Crippen LogP contribution < -0.4 is 0 Å². The smallest absolute Gasteiger partial charge is 0.113 e. The van der Waals surface area contributed by atoms with Gasteiger partial charge in [0.05, 0.1) is 0 Å². The summed E-state index contributed by atoms with van der Waals surface area (Å²) in [5.41, 5.74) is 5.90. The number of benzene rings is 2. The molecule has 3 atom stereocenters. The lowest BCUT2D eigenvalue weighted by Gasteiger charge is -2.31. The van der Waals surface area contributed by atoms with Crippen LogP contribution in [0.25, 0.3) is 0 Å². The van der Waals surface area contributed by atoms with Crippen molar-refractivity contribution in [1.29, 1.82) is 0 Å². The summed E-state index contributed by atoms with van der Waals surface area (Å²) in [5, 5.41) is 2.19. The number of hydrogen-bond donors (Lipinski definition) is 0. The Morgan fingerprint density at radius 2 is 1.58 bits per heavy atom. The summed E-state index contributed by atoms with van der Waals surface area (Å²) in [5.74, 6) is 1.66. The van der Waals surface area contributed by atoms with E-state index in [4.69, 9.17) is 4.84 Å². The van der Waals surface area contributed by atoms with Crippen LogP contribution in [0, 0.1) is 5.92 Å². The Morgan fingerprint density at radius 3 is 2.27 bits per heavy atom. The summed E-state index contributed by atoms with van der Waals surface area (Å²) in [4.78, 5) is 6.53. The zero-order valence-electron chi connectivity index (χ0n) is 16.5. The van der Waals surface area contributed by atoms with E-state index in [0.717, 1.165) is 13.0 Å². The van der Waals surface area contributed by atoms with Gasteiger partial charge in [0.1, 0.15) is 6.10 Å². The van der Waals surface area contributed by atoms with E-state index < -0.39 is 0 Å². The predicted octanol–water partition coefficient (Wildman–Crippen LogP) is 5.85. The fraction of sp³-hybridized carbons (Fsp3) is 0.500. The van der Waals surface area contributed by atoms with Crippen LogP contribution in [0.4, 0.5) is 0 Å². The average molecular weight is 350 g/mol. The number of nitrogens with zero attached hydrogens (tertiary/aromatic N) is 1. The molecule has 1 fully saturated rings. The molecular formula is C24H31NO. The summed E-state index contributed by atoms with van der Waals surface area (Å²) in [6.07, 6.45) is 2.48. The van der Waals surface area contributed by atoms with Gasteiger partial charge in [-0.3, -0.25) is 4.84 Å². The quantitative estimate of drug-likeness (QED) is 0.689. The molecule has 0 N–H and O–H groups in total. The summed E-state index contributed by atoms with van der Waals surface area (Å²) in [7, 11) is 0. The van der Waals surface area contributed by atoms with Crippen molar-refractivity contribution in [3.8, 4) is 0 Å². The molecular weight excluding hydrogens is 318 g/mol. The lowest BCUT2D eigenvalue weighted by Crippen LogP contribution is -2.26. The Hall–Kier alpha value is -1.64. The number of fused-ring (bicyclic) bond motifs is 5. The van der Waals surface area contributed by atoms with E-state index in [1.807, 2.05) is 0 Å². The molecule has 2 heteroatoms. The first-order valence-electron chi connectivity index (χ1n) is 10.1. The van der Waals surface area contributed by atoms with Crippen LogP contribution in [-0.4, -0.2) is 17.6 Å². The fourth-order valence-corrected chi connectivity index (χ4v) is 4.80. The lowest BCUT2D eigenvalue weighted by molar-refractivity contribution is -0.167. The second-order valence-electron chi connectivity index (χ2n) is 8.68. The third-order valence-electron chi connectivity index (χ3n) is 5.99. The van der Waals surface area contributed by atoms with Gasteiger partial charge in [-0.25, -0.2) is 0 Å². The Labute approximate surface area is 158 Å². The van der Waals surface area contributed by atoms with Crippen molar-refractivity contribution >= 4 is 0 Å². The van der Waals surface area contributed by atoms with Gasteiger partial charge < -0.3 is 0 Å². The molecule has 0 saturated carbocycles. The van der Waals surface area contributed by atoms with Crippen molar-refractivity contribution in [2.24, 2.45) is 5.92 Å². The summed E-state index contributed by atoms with van der Waals surface area (Å²) in [6.45, 7) is 10.1. The molecule has 4 rings (SSSR count). The van der Waals surface area contributed by atoms with Crippen LogP contribution in [0.1, 0.15) is 74.3 Å². The molecule has 0 aromatic heterocycles. The third kappa shape index (κ3) is 3.21. The second kappa shape index (κ2) is 7.17. The zero-order valence-corrected chi connectivity index (χ0v) is 16.5. The fourth-order valence-electron chi connectivity index (χ4n) is 4.80. The number of rotatable bonds is 3. The largest absolute Gasteiger partial charge is 0.290 e. The van der Waals surface area contributed by atoms with Crippen LogP contribution in [-0.2, 0) is 11.3 Å². The van der Waals surface area contributed by atoms with E-state index in [1.165, 1.54) is 28.7 Å². The first kappa shape index (κ1) is 17.8. The first-order chi connectivity index (χ1) is 12.5. The monoisotopic (exact) mass is 349 g/mol. The lowest BCUT2D eigenvalue weighted by atomic mass is 9.74. The normalized spacial score (nSPS) is 25.5. The van der Waals surface area contributed by atoms with E-state index in [0.29, 0.717) is 23.8 Å². The highest BCUT2D eigenvalue weighted by molar-refractivity contribution is 5.43. The topological polar surface area (TPSA) is 12.5 Å². The Bertz CT molecular complexity index is 766. The van der Waals surface area contributed by atoms with E-state index in [-0.39, 0.29) is 6.10 Å². The number of hydrogen-bond acceptors (Lipinski definition) is 2. The Balaban J connectivity index is 1.85.